The average Bonchev–Trinajstić information content (AvgIpc) is 3.13. The third-order valence-electron chi connectivity index (χ3n) is 4.86. The molecule has 1 fully saturated rings. The zero-order chi connectivity index (χ0) is 21.1. The minimum absolute atomic E-state index is 0.0708. The number of methoxy groups -OCH3 is 1. The van der Waals surface area contributed by atoms with Gasteiger partial charge in [-0.05, 0) is 36.4 Å². The number of carbonyl (C=O) groups excluding carboxylic acids is 3. The van der Waals surface area contributed by atoms with Crippen LogP contribution in [0.4, 0.5) is 16.2 Å². The second-order valence-electron chi connectivity index (χ2n) is 6.80. The molecule has 2 aliphatic rings. The van der Waals surface area contributed by atoms with E-state index in [1.165, 1.54) is 12.0 Å². The number of rotatable bonds is 5. The summed E-state index contributed by atoms with van der Waals surface area (Å²) in [6.07, 6.45) is 0. The zero-order valence-electron chi connectivity index (χ0n) is 16.4. The molecule has 9 heteroatoms. The van der Waals surface area contributed by atoms with Gasteiger partial charge in [0, 0.05) is 30.5 Å². The predicted molar refractivity (Wildman–Crippen MR) is 108 cm³/mol. The van der Waals surface area contributed by atoms with Gasteiger partial charge < -0.3 is 24.4 Å². The molecule has 0 aromatic heterocycles. The summed E-state index contributed by atoms with van der Waals surface area (Å²) in [6.45, 7) is 1.81. The van der Waals surface area contributed by atoms with Gasteiger partial charge in [0.15, 0.2) is 11.5 Å². The van der Waals surface area contributed by atoms with Crippen molar-refractivity contribution in [3.05, 3.63) is 48.0 Å². The van der Waals surface area contributed by atoms with Gasteiger partial charge in [0.05, 0.1) is 12.7 Å². The molecule has 0 saturated carbocycles. The number of urea groups is 1. The van der Waals surface area contributed by atoms with Crippen molar-refractivity contribution in [2.24, 2.45) is 0 Å². The number of hydrogen-bond donors (Lipinski definition) is 1. The number of hydrogen-bond acceptors (Lipinski definition) is 6. The lowest BCUT2D eigenvalue weighted by molar-refractivity contribution is -0.116. The summed E-state index contributed by atoms with van der Waals surface area (Å²) in [5.74, 6) is 0.497. The van der Waals surface area contributed by atoms with Crippen LogP contribution in [0.1, 0.15) is 10.4 Å². The van der Waals surface area contributed by atoms with Gasteiger partial charge >= 0.3 is 12.0 Å². The molecule has 2 heterocycles. The van der Waals surface area contributed by atoms with Crippen molar-refractivity contribution >= 4 is 29.3 Å². The second kappa shape index (κ2) is 8.32. The van der Waals surface area contributed by atoms with Crippen molar-refractivity contribution in [3.8, 4) is 11.5 Å². The van der Waals surface area contributed by atoms with Crippen molar-refractivity contribution < 1.29 is 28.6 Å². The van der Waals surface area contributed by atoms with E-state index in [9.17, 15) is 14.4 Å². The Hall–Kier alpha value is -3.75. The molecule has 1 saturated heterocycles. The smallest absolute Gasteiger partial charge is 0.337 e. The van der Waals surface area contributed by atoms with Crippen molar-refractivity contribution in [1.82, 2.24) is 4.90 Å². The van der Waals surface area contributed by atoms with Crippen molar-refractivity contribution in [3.63, 3.8) is 0 Å². The fourth-order valence-corrected chi connectivity index (χ4v) is 3.35. The molecule has 2 aromatic carbocycles. The van der Waals surface area contributed by atoms with Crippen LogP contribution in [0, 0.1) is 0 Å². The summed E-state index contributed by atoms with van der Waals surface area (Å²) in [5.41, 5.74) is 1.62. The van der Waals surface area contributed by atoms with Gasteiger partial charge in [-0.1, -0.05) is 0 Å². The first-order chi connectivity index (χ1) is 14.5. The Kier molecular flexibility index (Phi) is 5.42. The number of benzene rings is 2. The zero-order valence-corrected chi connectivity index (χ0v) is 16.4. The van der Waals surface area contributed by atoms with Crippen molar-refractivity contribution in [1.29, 1.82) is 0 Å². The molecule has 0 spiro atoms. The van der Waals surface area contributed by atoms with Crippen molar-refractivity contribution in [2.75, 3.05) is 50.2 Å². The molecular formula is C21H21N3O6. The Labute approximate surface area is 173 Å². The monoisotopic (exact) mass is 411 g/mol. The van der Waals surface area contributed by atoms with Gasteiger partial charge in [-0.15, -0.1) is 0 Å². The van der Waals surface area contributed by atoms with Crippen LogP contribution in [0.5, 0.6) is 11.5 Å². The van der Waals surface area contributed by atoms with Crippen LogP contribution < -0.4 is 19.7 Å². The van der Waals surface area contributed by atoms with E-state index in [4.69, 9.17) is 9.47 Å². The lowest BCUT2D eigenvalue weighted by atomic mass is 10.2. The Morgan fingerprint density at radius 2 is 1.77 bits per heavy atom. The number of anilines is 2. The van der Waals surface area contributed by atoms with Crippen LogP contribution in [-0.4, -0.2) is 62.8 Å². The van der Waals surface area contributed by atoms with Crippen LogP contribution >= 0.6 is 0 Å². The highest BCUT2D eigenvalue weighted by Gasteiger charge is 2.31. The third kappa shape index (κ3) is 4.00. The van der Waals surface area contributed by atoms with Crippen LogP contribution in [-0.2, 0) is 9.53 Å². The number of carbonyl (C=O) groups is 3. The summed E-state index contributed by atoms with van der Waals surface area (Å²) in [6, 6.07) is 11.5. The van der Waals surface area contributed by atoms with Gasteiger partial charge in [-0.2, -0.15) is 0 Å². The minimum atomic E-state index is -0.449. The highest BCUT2D eigenvalue weighted by Crippen LogP contribution is 2.35. The summed E-state index contributed by atoms with van der Waals surface area (Å²) in [7, 11) is 1.30. The first kappa shape index (κ1) is 19.6. The van der Waals surface area contributed by atoms with Gasteiger partial charge in [-0.3, -0.25) is 9.69 Å². The molecule has 0 atom stereocenters. The maximum Gasteiger partial charge on any atom is 0.337 e. The number of fused-ring (bicyclic) bond motifs is 1. The van der Waals surface area contributed by atoms with Crippen molar-refractivity contribution in [2.45, 2.75) is 0 Å². The Morgan fingerprint density at radius 3 is 2.50 bits per heavy atom. The van der Waals surface area contributed by atoms with Crippen LogP contribution in [0.15, 0.2) is 42.5 Å². The molecule has 4 rings (SSSR count). The SMILES string of the molecule is COC(=O)c1ccc(NC(=O)CN2CCN(c3ccc4c(c3)OCCO4)C2=O)cc1. The van der Waals surface area contributed by atoms with Crippen LogP contribution in [0.25, 0.3) is 0 Å². The lowest BCUT2D eigenvalue weighted by Gasteiger charge is -2.22. The molecular weight excluding hydrogens is 390 g/mol. The third-order valence-corrected chi connectivity index (χ3v) is 4.86. The first-order valence-corrected chi connectivity index (χ1v) is 9.49. The fraction of sp³-hybridized carbons (Fsp3) is 0.286. The van der Waals surface area contributed by atoms with Gasteiger partial charge in [0.2, 0.25) is 5.91 Å². The molecule has 30 heavy (non-hydrogen) atoms. The van der Waals surface area contributed by atoms with E-state index < -0.39 is 5.97 Å². The molecule has 2 aromatic rings. The summed E-state index contributed by atoms with van der Waals surface area (Å²) in [5, 5.41) is 2.73. The Bertz CT molecular complexity index is 975. The highest BCUT2D eigenvalue weighted by molar-refractivity contribution is 5.99. The summed E-state index contributed by atoms with van der Waals surface area (Å²) >= 11 is 0. The average molecular weight is 411 g/mol. The predicted octanol–water partition coefficient (Wildman–Crippen LogP) is 2.13. The van der Waals surface area contributed by atoms with E-state index in [-0.39, 0.29) is 18.5 Å². The largest absolute Gasteiger partial charge is 0.486 e. The van der Waals surface area contributed by atoms with E-state index in [0.717, 1.165) is 0 Å². The molecule has 3 amide bonds. The molecule has 9 nitrogen and oxygen atoms in total. The Balaban J connectivity index is 1.36. The molecule has 0 unspecified atom stereocenters. The number of ether oxygens (including phenoxy) is 3. The van der Waals surface area contributed by atoms with Gasteiger partial charge in [0.25, 0.3) is 0 Å². The molecule has 156 valence electrons. The molecule has 0 radical (unpaired) electrons. The quantitative estimate of drug-likeness (QED) is 0.757. The maximum absolute atomic E-state index is 12.8. The van der Waals surface area contributed by atoms with E-state index in [1.807, 2.05) is 0 Å². The molecule has 0 bridgehead atoms. The first-order valence-electron chi connectivity index (χ1n) is 9.49. The normalized spacial score (nSPS) is 15.2. The number of nitrogens with one attached hydrogen (secondary N) is 1. The van der Waals surface area contributed by atoms with Crippen LogP contribution in [0.3, 0.4) is 0 Å². The van der Waals surface area contributed by atoms with E-state index in [2.05, 4.69) is 10.1 Å². The van der Waals surface area contributed by atoms with E-state index in [0.29, 0.717) is 54.7 Å². The van der Waals surface area contributed by atoms with E-state index >= 15 is 0 Å². The van der Waals surface area contributed by atoms with Gasteiger partial charge in [-0.25, -0.2) is 9.59 Å². The lowest BCUT2D eigenvalue weighted by Crippen LogP contribution is -2.37. The second-order valence-corrected chi connectivity index (χ2v) is 6.80. The summed E-state index contributed by atoms with van der Waals surface area (Å²) < 4.78 is 15.7. The Morgan fingerprint density at radius 1 is 1.03 bits per heavy atom. The molecule has 2 aliphatic heterocycles. The number of esters is 1. The highest BCUT2D eigenvalue weighted by atomic mass is 16.6. The minimum Gasteiger partial charge on any atom is -0.486 e. The standard InChI is InChI=1S/C21H21N3O6/c1-28-20(26)14-2-4-15(5-3-14)22-19(25)13-23-8-9-24(21(23)27)16-6-7-17-18(12-16)30-11-10-29-17/h2-7,12H,8-11,13H2,1H3,(H,22,25). The maximum atomic E-state index is 12.8. The van der Waals surface area contributed by atoms with Gasteiger partial charge in [0.1, 0.15) is 19.8 Å². The summed E-state index contributed by atoms with van der Waals surface area (Å²) in [4.78, 5) is 39.7. The van der Waals surface area contributed by atoms with Crippen LogP contribution in [0.2, 0.25) is 0 Å². The topological polar surface area (TPSA) is 97.4 Å². The van der Waals surface area contributed by atoms with E-state index in [1.54, 1.807) is 47.4 Å². The molecule has 0 aliphatic carbocycles. The number of nitrogens with zero attached hydrogens (tertiary/aromatic N) is 2. The number of amides is 3. The fourth-order valence-electron chi connectivity index (χ4n) is 3.35. The molecule has 1 N–H and O–H groups in total.